The minimum Gasteiger partial charge on any atom is -0.361 e. The lowest BCUT2D eigenvalue weighted by atomic mass is 10.1. The first-order valence-corrected chi connectivity index (χ1v) is 6.04. The fraction of sp³-hybridized carbons (Fsp3) is 0.231. The molecule has 0 radical (unpaired) electrons. The molecule has 1 heterocycles. The third kappa shape index (κ3) is 3.04. The number of hydrogen-bond acceptors (Lipinski definition) is 5. The highest BCUT2D eigenvalue weighted by molar-refractivity contribution is 5.94. The van der Waals surface area contributed by atoms with Crippen molar-refractivity contribution in [1.82, 2.24) is 10.5 Å². The lowest BCUT2D eigenvalue weighted by Crippen LogP contribution is -2.23. The van der Waals surface area contributed by atoms with Gasteiger partial charge in [0, 0.05) is 23.7 Å². The number of carbonyl (C=O) groups excluding carboxylic acids is 1. The van der Waals surface area contributed by atoms with Crippen LogP contribution in [-0.2, 0) is 6.54 Å². The van der Waals surface area contributed by atoms with Gasteiger partial charge in [0.1, 0.15) is 5.76 Å². The maximum Gasteiger partial charge on any atom is 0.305 e. The molecule has 0 fully saturated rings. The fourth-order valence-corrected chi connectivity index (χ4v) is 1.82. The summed E-state index contributed by atoms with van der Waals surface area (Å²) in [7, 11) is 0. The van der Waals surface area contributed by atoms with Crippen LogP contribution in [0.1, 0.15) is 27.4 Å². The van der Waals surface area contributed by atoms with Gasteiger partial charge in [0.2, 0.25) is 5.82 Å². The number of rotatable bonds is 4. The Kier molecular flexibility index (Phi) is 3.97. The van der Waals surface area contributed by atoms with Crippen molar-refractivity contribution in [2.24, 2.45) is 0 Å². The second-order valence-electron chi connectivity index (χ2n) is 4.41. The average molecular weight is 293 g/mol. The summed E-state index contributed by atoms with van der Waals surface area (Å²) in [6, 6.07) is 2.98. The van der Waals surface area contributed by atoms with Crippen LogP contribution in [0.5, 0.6) is 0 Å². The van der Waals surface area contributed by atoms with Crippen LogP contribution in [0.4, 0.5) is 10.1 Å². The summed E-state index contributed by atoms with van der Waals surface area (Å²) >= 11 is 0. The van der Waals surface area contributed by atoms with Crippen LogP contribution in [0.25, 0.3) is 0 Å². The van der Waals surface area contributed by atoms with Gasteiger partial charge in [-0.3, -0.25) is 14.9 Å². The van der Waals surface area contributed by atoms with Gasteiger partial charge in [0.15, 0.2) is 0 Å². The number of hydrogen-bond donors (Lipinski definition) is 1. The van der Waals surface area contributed by atoms with Crippen molar-refractivity contribution < 1.29 is 18.6 Å². The number of carbonyl (C=O) groups is 1. The summed E-state index contributed by atoms with van der Waals surface area (Å²) in [4.78, 5) is 21.7. The lowest BCUT2D eigenvalue weighted by Gasteiger charge is -2.05. The molecule has 8 heteroatoms. The first kappa shape index (κ1) is 14.6. The SMILES string of the molecule is Cc1noc(C)c1CNC(=O)c1ccc(F)c([N+](=O)[O-])c1. The van der Waals surface area contributed by atoms with Crippen molar-refractivity contribution in [3.05, 3.63) is 56.7 Å². The molecular weight excluding hydrogens is 281 g/mol. The molecule has 2 aromatic rings. The van der Waals surface area contributed by atoms with Gasteiger partial charge in [-0.25, -0.2) is 0 Å². The van der Waals surface area contributed by atoms with E-state index in [0.29, 0.717) is 11.5 Å². The van der Waals surface area contributed by atoms with Crippen LogP contribution in [0.2, 0.25) is 0 Å². The van der Waals surface area contributed by atoms with Crippen LogP contribution >= 0.6 is 0 Å². The van der Waals surface area contributed by atoms with E-state index in [0.717, 1.165) is 17.7 Å². The molecule has 1 aromatic carbocycles. The van der Waals surface area contributed by atoms with E-state index in [1.54, 1.807) is 13.8 Å². The molecule has 0 aliphatic heterocycles. The zero-order valence-corrected chi connectivity index (χ0v) is 11.3. The Hall–Kier alpha value is -2.77. The molecule has 0 unspecified atom stereocenters. The van der Waals surface area contributed by atoms with Gasteiger partial charge in [0.25, 0.3) is 5.91 Å². The van der Waals surface area contributed by atoms with Gasteiger partial charge < -0.3 is 9.84 Å². The zero-order valence-electron chi connectivity index (χ0n) is 11.3. The molecule has 0 bridgehead atoms. The molecule has 1 aromatic heterocycles. The highest BCUT2D eigenvalue weighted by Gasteiger charge is 2.18. The topological polar surface area (TPSA) is 98.3 Å². The van der Waals surface area contributed by atoms with Crippen molar-refractivity contribution in [1.29, 1.82) is 0 Å². The highest BCUT2D eigenvalue weighted by atomic mass is 19.1. The number of nitro groups is 1. The van der Waals surface area contributed by atoms with Crippen molar-refractivity contribution in [3.8, 4) is 0 Å². The Morgan fingerprint density at radius 3 is 2.76 bits per heavy atom. The Morgan fingerprint density at radius 2 is 2.19 bits per heavy atom. The van der Waals surface area contributed by atoms with Gasteiger partial charge in [-0.1, -0.05) is 5.16 Å². The first-order chi connectivity index (χ1) is 9.90. The zero-order chi connectivity index (χ0) is 15.6. The van der Waals surface area contributed by atoms with E-state index in [1.807, 2.05) is 0 Å². The molecule has 0 saturated carbocycles. The number of amides is 1. The van der Waals surface area contributed by atoms with Crippen molar-refractivity contribution in [2.45, 2.75) is 20.4 Å². The van der Waals surface area contributed by atoms with Crippen molar-refractivity contribution >= 4 is 11.6 Å². The summed E-state index contributed by atoms with van der Waals surface area (Å²) in [5.41, 5.74) is 0.660. The molecule has 7 nitrogen and oxygen atoms in total. The fourth-order valence-electron chi connectivity index (χ4n) is 1.82. The molecule has 0 atom stereocenters. The van der Waals surface area contributed by atoms with Crippen LogP contribution in [0.3, 0.4) is 0 Å². The monoisotopic (exact) mass is 293 g/mol. The highest BCUT2D eigenvalue weighted by Crippen LogP contribution is 2.19. The van der Waals surface area contributed by atoms with Gasteiger partial charge in [-0.15, -0.1) is 0 Å². The smallest absolute Gasteiger partial charge is 0.305 e. The van der Waals surface area contributed by atoms with Crippen LogP contribution < -0.4 is 5.32 Å². The van der Waals surface area contributed by atoms with E-state index in [-0.39, 0.29) is 12.1 Å². The number of nitro benzene ring substituents is 1. The Labute approximate surface area is 118 Å². The van der Waals surface area contributed by atoms with E-state index >= 15 is 0 Å². The van der Waals surface area contributed by atoms with Gasteiger partial charge >= 0.3 is 5.69 Å². The minimum atomic E-state index is -0.984. The summed E-state index contributed by atoms with van der Waals surface area (Å²) in [6.07, 6.45) is 0. The quantitative estimate of drug-likeness (QED) is 0.688. The number of aromatic nitrogens is 1. The maximum absolute atomic E-state index is 13.2. The summed E-state index contributed by atoms with van der Waals surface area (Å²) < 4.78 is 18.2. The predicted molar refractivity (Wildman–Crippen MR) is 70.2 cm³/mol. The maximum atomic E-state index is 13.2. The van der Waals surface area contributed by atoms with Crippen LogP contribution in [0.15, 0.2) is 22.7 Å². The van der Waals surface area contributed by atoms with Crippen molar-refractivity contribution in [2.75, 3.05) is 0 Å². The molecule has 0 saturated heterocycles. The molecule has 2 rings (SSSR count). The average Bonchev–Trinajstić information content (AvgIpc) is 2.75. The number of nitrogens with zero attached hydrogens (tertiary/aromatic N) is 2. The van der Waals surface area contributed by atoms with E-state index in [9.17, 15) is 19.3 Å². The largest absolute Gasteiger partial charge is 0.361 e. The molecule has 0 aliphatic carbocycles. The molecule has 110 valence electrons. The molecule has 0 aliphatic rings. The standard InChI is InChI=1S/C13H12FN3O4/c1-7-10(8(2)21-16-7)6-15-13(18)9-3-4-11(14)12(5-9)17(19)20/h3-5H,6H2,1-2H3,(H,15,18). The number of aryl methyl sites for hydroxylation is 2. The second-order valence-corrected chi connectivity index (χ2v) is 4.41. The van der Waals surface area contributed by atoms with Gasteiger partial charge in [0.05, 0.1) is 10.6 Å². The minimum absolute atomic E-state index is 0.00913. The third-order valence-corrected chi connectivity index (χ3v) is 3.01. The predicted octanol–water partition coefficient (Wildman–Crippen LogP) is 2.27. The van der Waals surface area contributed by atoms with E-state index in [2.05, 4.69) is 10.5 Å². The Bertz CT molecular complexity index is 692. The molecule has 1 amide bonds. The number of nitrogens with one attached hydrogen (secondary N) is 1. The number of halogens is 1. The normalized spacial score (nSPS) is 10.4. The second kappa shape index (κ2) is 5.70. The van der Waals surface area contributed by atoms with E-state index in [1.165, 1.54) is 6.07 Å². The van der Waals surface area contributed by atoms with Gasteiger partial charge in [-0.2, -0.15) is 4.39 Å². The van der Waals surface area contributed by atoms with Crippen molar-refractivity contribution in [3.63, 3.8) is 0 Å². The van der Waals surface area contributed by atoms with Gasteiger partial charge in [-0.05, 0) is 26.0 Å². The Morgan fingerprint density at radius 1 is 1.48 bits per heavy atom. The summed E-state index contributed by atoms with van der Waals surface area (Å²) in [5, 5.41) is 17.0. The molecule has 1 N–H and O–H groups in total. The lowest BCUT2D eigenvalue weighted by molar-refractivity contribution is -0.387. The summed E-state index contributed by atoms with van der Waals surface area (Å²) in [5.74, 6) is -0.946. The van der Waals surface area contributed by atoms with E-state index < -0.39 is 22.3 Å². The number of benzene rings is 1. The Balaban J connectivity index is 2.14. The van der Waals surface area contributed by atoms with E-state index in [4.69, 9.17) is 4.52 Å². The summed E-state index contributed by atoms with van der Waals surface area (Å²) in [6.45, 7) is 3.62. The molecule has 21 heavy (non-hydrogen) atoms. The molecule has 0 spiro atoms. The van der Waals surface area contributed by atoms with Crippen LogP contribution in [0, 0.1) is 29.8 Å². The first-order valence-electron chi connectivity index (χ1n) is 6.04. The molecular formula is C13H12FN3O4. The third-order valence-electron chi connectivity index (χ3n) is 3.01. The van der Waals surface area contributed by atoms with Crippen LogP contribution in [-0.4, -0.2) is 16.0 Å².